The van der Waals surface area contributed by atoms with Gasteiger partial charge < -0.3 is 19.5 Å². The number of halogens is 2. The lowest BCUT2D eigenvalue weighted by Gasteiger charge is -2.11. The van der Waals surface area contributed by atoms with Gasteiger partial charge in [0.15, 0.2) is 0 Å². The fraction of sp³-hybridized carbons (Fsp3) is 0.333. The Kier molecular flexibility index (Phi) is 8.47. The van der Waals surface area contributed by atoms with Gasteiger partial charge in [0.25, 0.3) is 0 Å². The molecule has 0 aliphatic heterocycles. The van der Waals surface area contributed by atoms with Crippen LogP contribution in [0.15, 0.2) is 36.5 Å². The summed E-state index contributed by atoms with van der Waals surface area (Å²) in [6.45, 7) is 1.13. The normalized spacial score (nSPS) is 10.4. The molecule has 26 heavy (non-hydrogen) atoms. The summed E-state index contributed by atoms with van der Waals surface area (Å²) in [5.74, 6) is 0.705. The fourth-order valence-electron chi connectivity index (χ4n) is 2.05. The number of rotatable bonds is 10. The van der Waals surface area contributed by atoms with E-state index in [0.29, 0.717) is 53.6 Å². The van der Waals surface area contributed by atoms with Gasteiger partial charge in [0, 0.05) is 19.7 Å². The van der Waals surface area contributed by atoms with E-state index in [1.54, 1.807) is 43.6 Å². The van der Waals surface area contributed by atoms with Crippen molar-refractivity contribution < 1.29 is 19.0 Å². The molecule has 0 fully saturated rings. The van der Waals surface area contributed by atoms with Crippen molar-refractivity contribution in [3.05, 3.63) is 46.6 Å². The van der Waals surface area contributed by atoms with Crippen LogP contribution in [0, 0.1) is 0 Å². The van der Waals surface area contributed by atoms with Crippen LogP contribution in [0.5, 0.6) is 11.6 Å². The predicted molar refractivity (Wildman–Crippen MR) is 101 cm³/mol. The number of aromatic nitrogens is 1. The Bertz CT molecular complexity index is 728. The highest BCUT2D eigenvalue weighted by atomic mass is 35.5. The number of carbonyl (C=O) groups is 1. The molecule has 0 radical (unpaired) electrons. The lowest BCUT2D eigenvalue weighted by molar-refractivity contribution is -0.116. The number of hydrogen-bond acceptors (Lipinski definition) is 5. The van der Waals surface area contributed by atoms with Gasteiger partial charge in [-0.15, -0.1) is 0 Å². The Hall–Kier alpha value is -2.02. The topological polar surface area (TPSA) is 69.7 Å². The second-order valence-corrected chi connectivity index (χ2v) is 6.03. The Morgan fingerprint density at radius 1 is 1.12 bits per heavy atom. The molecule has 0 saturated carbocycles. The number of hydrogen-bond donors (Lipinski definition) is 1. The van der Waals surface area contributed by atoms with Gasteiger partial charge >= 0.3 is 0 Å². The van der Waals surface area contributed by atoms with Crippen molar-refractivity contribution in [1.82, 2.24) is 4.98 Å². The van der Waals surface area contributed by atoms with Crippen LogP contribution in [-0.4, -0.2) is 37.8 Å². The van der Waals surface area contributed by atoms with Crippen molar-refractivity contribution in [2.45, 2.75) is 12.8 Å². The highest BCUT2D eigenvalue weighted by Crippen LogP contribution is 2.31. The van der Waals surface area contributed by atoms with E-state index in [1.165, 1.54) is 0 Å². The number of methoxy groups -OCH3 is 1. The van der Waals surface area contributed by atoms with Crippen LogP contribution in [0.4, 0.5) is 5.69 Å². The van der Waals surface area contributed by atoms with Gasteiger partial charge in [0.1, 0.15) is 23.1 Å². The van der Waals surface area contributed by atoms with Gasteiger partial charge in [-0.2, -0.15) is 0 Å². The van der Waals surface area contributed by atoms with Crippen LogP contribution in [0.3, 0.4) is 0 Å². The zero-order chi connectivity index (χ0) is 18.8. The van der Waals surface area contributed by atoms with Gasteiger partial charge in [-0.25, -0.2) is 4.98 Å². The SMILES string of the molecule is COCCOc1ncccc1NC(=O)CCCOc1cccc(Cl)c1Cl. The monoisotopic (exact) mass is 398 g/mol. The summed E-state index contributed by atoms with van der Waals surface area (Å²) >= 11 is 12.0. The number of ether oxygens (including phenoxy) is 3. The van der Waals surface area contributed by atoms with E-state index in [9.17, 15) is 4.79 Å². The number of nitrogens with one attached hydrogen (secondary N) is 1. The summed E-state index contributed by atoms with van der Waals surface area (Å²) in [6.07, 6.45) is 2.40. The first-order valence-electron chi connectivity index (χ1n) is 8.05. The zero-order valence-corrected chi connectivity index (χ0v) is 15.8. The van der Waals surface area contributed by atoms with E-state index < -0.39 is 0 Å². The van der Waals surface area contributed by atoms with Gasteiger partial charge in [-0.1, -0.05) is 29.3 Å². The summed E-state index contributed by atoms with van der Waals surface area (Å²) in [6, 6.07) is 8.63. The summed E-state index contributed by atoms with van der Waals surface area (Å²) in [4.78, 5) is 16.2. The minimum atomic E-state index is -0.157. The van der Waals surface area contributed by atoms with Gasteiger partial charge in [-0.3, -0.25) is 4.79 Å². The van der Waals surface area contributed by atoms with Gasteiger partial charge in [0.2, 0.25) is 11.8 Å². The second kappa shape index (κ2) is 10.9. The quantitative estimate of drug-likeness (QED) is 0.606. The highest BCUT2D eigenvalue weighted by Gasteiger charge is 2.10. The summed E-state index contributed by atoms with van der Waals surface area (Å²) < 4.78 is 16.0. The van der Waals surface area contributed by atoms with E-state index in [-0.39, 0.29) is 12.3 Å². The maximum atomic E-state index is 12.1. The molecule has 1 amide bonds. The number of nitrogens with zero attached hydrogens (tertiary/aromatic N) is 1. The van der Waals surface area contributed by atoms with Crippen molar-refractivity contribution >= 4 is 34.8 Å². The summed E-state index contributed by atoms with van der Waals surface area (Å²) in [7, 11) is 1.59. The third-order valence-corrected chi connectivity index (χ3v) is 4.09. The van der Waals surface area contributed by atoms with Crippen LogP contribution in [-0.2, 0) is 9.53 Å². The average molecular weight is 399 g/mol. The van der Waals surface area contributed by atoms with Crippen LogP contribution in [0.25, 0.3) is 0 Å². The minimum absolute atomic E-state index is 0.157. The highest BCUT2D eigenvalue weighted by molar-refractivity contribution is 6.42. The molecule has 140 valence electrons. The molecule has 2 aromatic rings. The first-order chi connectivity index (χ1) is 12.6. The third-order valence-electron chi connectivity index (χ3n) is 3.29. The van der Waals surface area contributed by atoms with E-state index in [2.05, 4.69) is 10.3 Å². The van der Waals surface area contributed by atoms with Crippen molar-refractivity contribution in [3.8, 4) is 11.6 Å². The van der Waals surface area contributed by atoms with Crippen LogP contribution in [0.2, 0.25) is 10.0 Å². The minimum Gasteiger partial charge on any atom is -0.492 e. The van der Waals surface area contributed by atoms with Crippen LogP contribution < -0.4 is 14.8 Å². The van der Waals surface area contributed by atoms with E-state index in [0.717, 1.165) is 0 Å². The lowest BCUT2D eigenvalue weighted by atomic mass is 10.3. The predicted octanol–water partition coefficient (Wildman–Crippen LogP) is 4.21. The Labute approximate surface area is 162 Å². The smallest absolute Gasteiger partial charge is 0.237 e. The van der Waals surface area contributed by atoms with E-state index in [1.807, 2.05) is 0 Å². The van der Waals surface area contributed by atoms with Crippen molar-refractivity contribution in [2.75, 3.05) is 32.2 Å². The molecule has 0 bridgehead atoms. The maximum absolute atomic E-state index is 12.1. The molecule has 1 heterocycles. The van der Waals surface area contributed by atoms with E-state index in [4.69, 9.17) is 37.4 Å². The lowest BCUT2D eigenvalue weighted by Crippen LogP contribution is -2.15. The van der Waals surface area contributed by atoms with Crippen LogP contribution in [0.1, 0.15) is 12.8 Å². The zero-order valence-electron chi connectivity index (χ0n) is 14.3. The Morgan fingerprint density at radius 2 is 1.96 bits per heavy atom. The standard InChI is InChI=1S/C18H20Cl2N2O4/c1-24-11-12-26-18-14(6-3-9-21-18)22-16(23)8-4-10-25-15-7-2-5-13(19)17(15)20/h2-3,5-7,9H,4,8,10-12H2,1H3,(H,22,23). The Morgan fingerprint density at radius 3 is 2.77 bits per heavy atom. The molecule has 0 saturated heterocycles. The molecule has 1 aromatic heterocycles. The molecular weight excluding hydrogens is 379 g/mol. The molecule has 0 aliphatic rings. The molecule has 0 unspecified atom stereocenters. The third kappa shape index (κ3) is 6.37. The molecule has 0 spiro atoms. The fourth-order valence-corrected chi connectivity index (χ4v) is 2.39. The first kappa shape index (κ1) is 20.3. The number of benzene rings is 1. The summed E-state index contributed by atoms with van der Waals surface area (Å²) in [5.41, 5.74) is 0.521. The van der Waals surface area contributed by atoms with Crippen molar-refractivity contribution in [3.63, 3.8) is 0 Å². The van der Waals surface area contributed by atoms with Gasteiger partial charge in [-0.05, 0) is 30.7 Å². The molecule has 1 aromatic carbocycles. The van der Waals surface area contributed by atoms with Gasteiger partial charge in [0.05, 0.1) is 18.2 Å². The Balaban J connectivity index is 1.78. The molecule has 8 heteroatoms. The number of amides is 1. The largest absolute Gasteiger partial charge is 0.492 e. The molecule has 1 N–H and O–H groups in total. The molecule has 0 aliphatic carbocycles. The molecular formula is C18H20Cl2N2O4. The summed E-state index contributed by atoms with van der Waals surface area (Å²) in [5, 5.41) is 3.58. The number of anilines is 1. The first-order valence-corrected chi connectivity index (χ1v) is 8.81. The molecule has 6 nitrogen and oxygen atoms in total. The average Bonchev–Trinajstić information content (AvgIpc) is 2.63. The van der Waals surface area contributed by atoms with Crippen LogP contribution >= 0.6 is 23.2 Å². The number of pyridine rings is 1. The second-order valence-electron chi connectivity index (χ2n) is 5.25. The number of carbonyl (C=O) groups excluding carboxylic acids is 1. The maximum Gasteiger partial charge on any atom is 0.237 e. The molecule has 0 atom stereocenters. The van der Waals surface area contributed by atoms with Crippen molar-refractivity contribution in [1.29, 1.82) is 0 Å². The van der Waals surface area contributed by atoms with E-state index >= 15 is 0 Å². The molecule has 2 rings (SSSR count). The van der Waals surface area contributed by atoms with Crippen molar-refractivity contribution in [2.24, 2.45) is 0 Å².